The van der Waals surface area contributed by atoms with E-state index in [1.807, 2.05) is 31.2 Å². The molecule has 8 heteroatoms. The average Bonchev–Trinajstić information content (AvgIpc) is 2.71. The molecule has 2 aromatic rings. The predicted molar refractivity (Wildman–Crippen MR) is 99.8 cm³/mol. The van der Waals surface area contributed by atoms with Crippen LogP contribution in [0.25, 0.3) is 6.08 Å². The molecule has 1 aliphatic rings. The second-order valence-electron chi connectivity index (χ2n) is 5.87. The lowest BCUT2D eigenvalue weighted by atomic mass is 10.1. The first-order chi connectivity index (χ1) is 13.6. The topological polar surface area (TPSA) is 97.1 Å². The maximum atomic E-state index is 12.1. The molecule has 0 radical (unpaired) electrons. The number of ether oxygens (including phenoxy) is 4. The fraction of sp³-hybridized carbons (Fsp3) is 0.250. The number of fused-ring (bicyclic) bond motifs is 1. The van der Waals surface area contributed by atoms with Crippen molar-refractivity contribution in [2.24, 2.45) is 0 Å². The largest absolute Gasteiger partial charge is 0.493 e. The third-order valence-corrected chi connectivity index (χ3v) is 3.97. The van der Waals surface area contributed by atoms with Crippen molar-refractivity contribution >= 4 is 17.7 Å². The van der Waals surface area contributed by atoms with Crippen LogP contribution in [0.2, 0.25) is 0 Å². The number of carbonyl (C=O) groups is 1. The maximum absolute atomic E-state index is 12.1. The molecule has 1 aliphatic heterocycles. The third kappa shape index (κ3) is 4.66. The predicted octanol–water partition coefficient (Wildman–Crippen LogP) is 3.62. The number of benzene rings is 2. The van der Waals surface area contributed by atoms with Crippen LogP contribution in [0, 0.1) is 10.1 Å². The summed E-state index contributed by atoms with van der Waals surface area (Å²) in [4.78, 5) is 22.7. The van der Waals surface area contributed by atoms with E-state index in [0.717, 1.165) is 5.56 Å². The third-order valence-electron chi connectivity index (χ3n) is 3.97. The molecule has 2 aromatic carbocycles. The van der Waals surface area contributed by atoms with Gasteiger partial charge in [0.2, 0.25) is 0 Å². The van der Waals surface area contributed by atoms with Gasteiger partial charge in [0.15, 0.2) is 6.79 Å². The number of nitro groups is 1. The number of non-ortho nitro benzene ring substituents is 1. The number of nitrogens with zero attached hydrogens (tertiary/aromatic N) is 1. The van der Waals surface area contributed by atoms with Gasteiger partial charge in [-0.3, -0.25) is 10.1 Å². The number of para-hydroxylation sites is 1. The van der Waals surface area contributed by atoms with Crippen molar-refractivity contribution < 1.29 is 28.7 Å². The maximum Gasteiger partial charge on any atom is 0.331 e. The van der Waals surface area contributed by atoms with Gasteiger partial charge in [-0.15, -0.1) is 0 Å². The Labute approximate surface area is 161 Å². The molecule has 146 valence electrons. The molecule has 0 saturated carbocycles. The minimum absolute atomic E-state index is 0.0415. The smallest absolute Gasteiger partial charge is 0.331 e. The fourth-order valence-electron chi connectivity index (χ4n) is 2.75. The molecule has 0 unspecified atom stereocenters. The van der Waals surface area contributed by atoms with Crippen LogP contribution in [-0.4, -0.2) is 24.3 Å². The lowest BCUT2D eigenvalue weighted by Gasteiger charge is -2.20. The number of nitro benzene ring substituents is 1. The van der Waals surface area contributed by atoms with Crippen molar-refractivity contribution in [3.63, 3.8) is 0 Å². The van der Waals surface area contributed by atoms with E-state index in [1.54, 1.807) is 6.08 Å². The van der Waals surface area contributed by atoms with Gasteiger partial charge in [-0.25, -0.2) is 4.79 Å². The monoisotopic (exact) mass is 385 g/mol. The van der Waals surface area contributed by atoms with Gasteiger partial charge in [0.1, 0.15) is 18.1 Å². The van der Waals surface area contributed by atoms with Gasteiger partial charge in [-0.1, -0.05) is 18.2 Å². The second kappa shape index (κ2) is 9.01. The molecule has 0 atom stereocenters. The van der Waals surface area contributed by atoms with Crippen LogP contribution in [0.15, 0.2) is 42.5 Å². The zero-order valence-electron chi connectivity index (χ0n) is 15.3. The van der Waals surface area contributed by atoms with Gasteiger partial charge >= 0.3 is 5.97 Å². The zero-order chi connectivity index (χ0) is 19.9. The Balaban J connectivity index is 1.71. The van der Waals surface area contributed by atoms with Crippen molar-refractivity contribution in [2.45, 2.75) is 20.1 Å². The van der Waals surface area contributed by atoms with Crippen LogP contribution in [0.5, 0.6) is 11.5 Å². The summed E-state index contributed by atoms with van der Waals surface area (Å²) in [6.45, 7) is 2.48. The van der Waals surface area contributed by atoms with Crippen LogP contribution >= 0.6 is 0 Å². The van der Waals surface area contributed by atoms with Gasteiger partial charge in [-0.05, 0) is 19.1 Å². The highest BCUT2D eigenvalue weighted by atomic mass is 16.7. The van der Waals surface area contributed by atoms with E-state index in [4.69, 9.17) is 18.9 Å². The van der Waals surface area contributed by atoms with Crippen LogP contribution in [0.3, 0.4) is 0 Å². The first-order valence-corrected chi connectivity index (χ1v) is 8.66. The van der Waals surface area contributed by atoms with E-state index in [1.165, 1.54) is 18.2 Å². The molecule has 8 nitrogen and oxygen atoms in total. The summed E-state index contributed by atoms with van der Waals surface area (Å²) < 4.78 is 21.3. The van der Waals surface area contributed by atoms with Gasteiger partial charge in [-0.2, -0.15) is 0 Å². The highest BCUT2D eigenvalue weighted by molar-refractivity contribution is 5.87. The molecular formula is C20H19NO7. The summed E-state index contributed by atoms with van der Waals surface area (Å²) in [5.41, 5.74) is 1.60. The molecule has 0 aromatic heterocycles. The molecule has 3 rings (SSSR count). The Morgan fingerprint density at radius 2 is 2.14 bits per heavy atom. The molecule has 0 saturated heterocycles. The zero-order valence-corrected chi connectivity index (χ0v) is 15.3. The average molecular weight is 385 g/mol. The summed E-state index contributed by atoms with van der Waals surface area (Å²) in [6, 6.07) is 10.0. The van der Waals surface area contributed by atoms with Crippen LogP contribution < -0.4 is 9.47 Å². The van der Waals surface area contributed by atoms with Gasteiger partial charge < -0.3 is 18.9 Å². The number of carbonyl (C=O) groups excluding carboxylic acids is 1. The number of esters is 1. The van der Waals surface area contributed by atoms with E-state index < -0.39 is 10.9 Å². The van der Waals surface area contributed by atoms with Crippen molar-refractivity contribution in [1.29, 1.82) is 0 Å². The Kier molecular flexibility index (Phi) is 6.23. The van der Waals surface area contributed by atoms with E-state index in [0.29, 0.717) is 29.2 Å². The number of rotatable bonds is 7. The minimum Gasteiger partial charge on any atom is -0.493 e. The van der Waals surface area contributed by atoms with E-state index in [9.17, 15) is 14.9 Å². The summed E-state index contributed by atoms with van der Waals surface area (Å²) in [5.74, 6) is 0.532. The first-order valence-electron chi connectivity index (χ1n) is 8.66. The number of hydrogen-bond acceptors (Lipinski definition) is 7. The lowest BCUT2D eigenvalue weighted by Crippen LogP contribution is -2.14. The van der Waals surface area contributed by atoms with E-state index >= 15 is 0 Å². The standard InChI is InChI=1S/C20H19NO7/c1-2-26-18-6-4-3-5-14(18)7-8-19(22)27-12-16-10-17(21(23)24)9-15-11-25-13-28-20(15)16/h3-10H,2,11-13H2,1H3. The normalized spacial score (nSPS) is 12.9. The Morgan fingerprint density at radius 1 is 1.32 bits per heavy atom. The molecule has 0 bridgehead atoms. The summed E-state index contributed by atoms with van der Waals surface area (Å²) in [7, 11) is 0. The van der Waals surface area contributed by atoms with Crippen molar-refractivity contribution in [3.05, 3.63) is 69.3 Å². The Bertz CT molecular complexity index is 907. The van der Waals surface area contributed by atoms with E-state index in [-0.39, 0.29) is 25.7 Å². The molecule has 0 N–H and O–H groups in total. The molecule has 0 spiro atoms. The second-order valence-corrected chi connectivity index (χ2v) is 5.87. The summed E-state index contributed by atoms with van der Waals surface area (Å²) in [5, 5.41) is 11.1. The first kappa shape index (κ1) is 19.4. The van der Waals surface area contributed by atoms with Crippen molar-refractivity contribution in [1.82, 2.24) is 0 Å². The molecular weight excluding hydrogens is 366 g/mol. The fourth-order valence-corrected chi connectivity index (χ4v) is 2.75. The van der Waals surface area contributed by atoms with Gasteiger partial charge in [0, 0.05) is 34.9 Å². The van der Waals surface area contributed by atoms with Gasteiger partial charge in [0.25, 0.3) is 5.69 Å². The van der Waals surface area contributed by atoms with Crippen molar-refractivity contribution in [2.75, 3.05) is 13.4 Å². The summed E-state index contributed by atoms with van der Waals surface area (Å²) >= 11 is 0. The van der Waals surface area contributed by atoms with Gasteiger partial charge in [0.05, 0.1) is 18.1 Å². The molecule has 0 fully saturated rings. The SMILES string of the molecule is CCOc1ccccc1C=CC(=O)OCc1cc([N+](=O)[O-])cc2c1OCOC2. The lowest BCUT2D eigenvalue weighted by molar-refractivity contribution is -0.385. The highest BCUT2D eigenvalue weighted by Crippen LogP contribution is 2.33. The molecule has 1 heterocycles. The highest BCUT2D eigenvalue weighted by Gasteiger charge is 2.21. The Hall–Kier alpha value is -3.39. The number of hydrogen-bond donors (Lipinski definition) is 0. The molecule has 0 aliphatic carbocycles. The van der Waals surface area contributed by atoms with Crippen molar-refractivity contribution in [3.8, 4) is 11.5 Å². The molecule has 0 amide bonds. The van der Waals surface area contributed by atoms with Crippen LogP contribution in [-0.2, 0) is 27.5 Å². The Morgan fingerprint density at radius 3 is 2.93 bits per heavy atom. The summed E-state index contributed by atoms with van der Waals surface area (Å²) in [6.07, 6.45) is 2.88. The minimum atomic E-state index is -0.585. The molecule has 28 heavy (non-hydrogen) atoms. The van der Waals surface area contributed by atoms with Crippen LogP contribution in [0.4, 0.5) is 5.69 Å². The van der Waals surface area contributed by atoms with Crippen LogP contribution in [0.1, 0.15) is 23.6 Å². The van der Waals surface area contributed by atoms with E-state index in [2.05, 4.69) is 0 Å². The quantitative estimate of drug-likeness (QED) is 0.311.